The van der Waals surface area contributed by atoms with E-state index in [9.17, 15) is 30.0 Å². The first-order chi connectivity index (χ1) is 13.7. The van der Waals surface area contributed by atoms with E-state index in [-0.39, 0.29) is 24.8 Å². The van der Waals surface area contributed by atoms with Crippen LogP contribution in [0, 0.1) is 22.2 Å². The quantitative estimate of drug-likeness (QED) is 0.523. The smallest absolute Gasteiger partial charge is 0.192 e. The molecular weight excluding hydrogens is 398 g/mol. The Morgan fingerprint density at radius 3 is 2.40 bits per heavy atom. The third-order valence-corrected chi connectivity index (χ3v) is 9.00. The molecule has 8 heteroatoms. The van der Waals surface area contributed by atoms with Crippen LogP contribution in [-0.2, 0) is 9.59 Å². The number of carbonyl (C=O) groups excluding carboxylic acids is 2. The summed E-state index contributed by atoms with van der Waals surface area (Å²) in [5.41, 5.74) is -9.50. The predicted molar refractivity (Wildman–Crippen MR) is 102 cm³/mol. The predicted octanol–water partition coefficient (Wildman–Crippen LogP) is 0.959. The van der Waals surface area contributed by atoms with Crippen molar-refractivity contribution in [2.24, 2.45) is 22.2 Å². The van der Waals surface area contributed by atoms with E-state index in [1.54, 1.807) is 0 Å². The van der Waals surface area contributed by atoms with Gasteiger partial charge in [-0.05, 0) is 49.8 Å². The highest BCUT2D eigenvalue weighted by atomic mass is 19.1. The van der Waals surface area contributed by atoms with Gasteiger partial charge in [0.05, 0.1) is 12.2 Å². The fourth-order valence-electron chi connectivity index (χ4n) is 7.52. The lowest BCUT2D eigenvalue weighted by Gasteiger charge is -2.67. The van der Waals surface area contributed by atoms with Crippen LogP contribution in [0.5, 0.6) is 0 Å². The van der Waals surface area contributed by atoms with E-state index in [0.717, 1.165) is 6.08 Å². The molecule has 4 aliphatic rings. The summed E-state index contributed by atoms with van der Waals surface area (Å²) in [6.07, 6.45) is -2.36. The lowest BCUT2D eigenvalue weighted by atomic mass is 9.38. The van der Waals surface area contributed by atoms with Gasteiger partial charge in [-0.2, -0.15) is 0 Å². The van der Waals surface area contributed by atoms with Gasteiger partial charge in [0.15, 0.2) is 22.8 Å². The number of alkyl halides is 2. The molecular formula is C22H28F2O6. The van der Waals surface area contributed by atoms with E-state index in [2.05, 4.69) is 0 Å². The normalized spacial score (nSPS) is 54.8. The van der Waals surface area contributed by atoms with Gasteiger partial charge in [0.25, 0.3) is 0 Å². The topological polar surface area (TPSA) is 115 Å². The molecule has 166 valence electrons. The largest absolute Gasteiger partial charge is 0.390 e. The van der Waals surface area contributed by atoms with Crippen LogP contribution in [0.25, 0.3) is 0 Å². The minimum Gasteiger partial charge on any atom is -0.390 e. The Kier molecular flexibility index (Phi) is 4.39. The zero-order valence-corrected chi connectivity index (χ0v) is 17.2. The van der Waals surface area contributed by atoms with Gasteiger partial charge < -0.3 is 20.4 Å². The monoisotopic (exact) mass is 426 g/mol. The molecule has 4 aliphatic carbocycles. The Bertz CT molecular complexity index is 887. The van der Waals surface area contributed by atoms with Crippen molar-refractivity contribution in [1.29, 1.82) is 0 Å². The van der Waals surface area contributed by atoms with Crippen LogP contribution in [-0.4, -0.2) is 68.2 Å². The van der Waals surface area contributed by atoms with Crippen molar-refractivity contribution in [3.8, 4) is 0 Å². The molecule has 0 bridgehead atoms. The molecule has 0 unspecified atom stereocenters. The minimum atomic E-state index is -2.41. The second-order valence-corrected chi connectivity index (χ2v) is 10.1. The number of carbonyl (C=O) groups is 2. The maximum absolute atomic E-state index is 17.2. The highest BCUT2D eigenvalue weighted by molar-refractivity contribution is 6.01. The first-order valence-electron chi connectivity index (χ1n) is 10.2. The number of Topliss-reactive ketones (excluding diaryl/α,β-unsaturated/α-hetero) is 1. The van der Waals surface area contributed by atoms with Crippen molar-refractivity contribution < 1.29 is 38.8 Å². The number of allylic oxidation sites excluding steroid dienone is 4. The molecule has 0 amide bonds. The molecule has 0 heterocycles. The van der Waals surface area contributed by atoms with Crippen LogP contribution >= 0.6 is 0 Å². The van der Waals surface area contributed by atoms with Crippen LogP contribution in [0.3, 0.4) is 0 Å². The zero-order valence-electron chi connectivity index (χ0n) is 17.2. The van der Waals surface area contributed by atoms with Crippen molar-refractivity contribution in [3.63, 3.8) is 0 Å². The SMILES string of the molecule is C[C@]12C=CC(=O)C=C1[C@@H](F)C[C@@]1(C)[C@@H]3C[C@@H](O)[C@](O)(C(=O)CO)[C@@]3(C)C[C@H](O)[C@]21F. The number of aliphatic hydroxyl groups is 4. The fraction of sp³-hybridized carbons (Fsp3) is 0.727. The number of hydrogen-bond acceptors (Lipinski definition) is 6. The third-order valence-electron chi connectivity index (χ3n) is 9.00. The Hall–Kier alpha value is -1.48. The number of rotatable bonds is 2. The highest BCUT2D eigenvalue weighted by Gasteiger charge is 2.81. The van der Waals surface area contributed by atoms with Crippen molar-refractivity contribution >= 4 is 11.6 Å². The summed E-state index contributed by atoms with van der Waals surface area (Å²) in [6.45, 7) is 3.40. The van der Waals surface area contributed by atoms with Gasteiger partial charge in [0.2, 0.25) is 0 Å². The van der Waals surface area contributed by atoms with E-state index in [1.165, 1.54) is 32.9 Å². The van der Waals surface area contributed by atoms with E-state index in [1.807, 2.05) is 0 Å². The molecule has 0 radical (unpaired) electrons. The minimum absolute atomic E-state index is 0.0298. The molecule has 0 aromatic carbocycles. The number of aliphatic hydroxyl groups excluding tert-OH is 3. The summed E-state index contributed by atoms with van der Waals surface area (Å²) in [6, 6.07) is 0. The van der Waals surface area contributed by atoms with Gasteiger partial charge in [-0.1, -0.05) is 19.9 Å². The van der Waals surface area contributed by atoms with Crippen LogP contribution in [0.2, 0.25) is 0 Å². The number of hydrogen-bond donors (Lipinski definition) is 4. The molecule has 0 saturated heterocycles. The van der Waals surface area contributed by atoms with Gasteiger partial charge >= 0.3 is 0 Å². The van der Waals surface area contributed by atoms with E-state index >= 15 is 8.78 Å². The first kappa shape index (κ1) is 21.7. The Morgan fingerprint density at radius 2 is 1.80 bits per heavy atom. The Labute approximate surface area is 173 Å². The molecule has 3 fully saturated rings. The van der Waals surface area contributed by atoms with Gasteiger partial charge in [-0.3, -0.25) is 9.59 Å². The van der Waals surface area contributed by atoms with Crippen molar-refractivity contribution in [1.82, 2.24) is 0 Å². The van der Waals surface area contributed by atoms with Gasteiger partial charge in [0, 0.05) is 16.2 Å². The second-order valence-electron chi connectivity index (χ2n) is 10.1. The van der Waals surface area contributed by atoms with Crippen molar-refractivity contribution in [3.05, 3.63) is 23.8 Å². The zero-order chi connectivity index (χ0) is 22.5. The summed E-state index contributed by atoms with van der Waals surface area (Å²) in [5, 5.41) is 42.5. The molecule has 4 N–H and O–H groups in total. The highest BCUT2D eigenvalue weighted by Crippen LogP contribution is 2.74. The number of fused-ring (bicyclic) bond motifs is 5. The summed E-state index contributed by atoms with van der Waals surface area (Å²) in [4.78, 5) is 24.3. The van der Waals surface area contributed by atoms with Gasteiger partial charge in [0.1, 0.15) is 12.8 Å². The molecule has 0 aromatic rings. The maximum Gasteiger partial charge on any atom is 0.192 e. The van der Waals surface area contributed by atoms with Crippen LogP contribution in [0.15, 0.2) is 23.8 Å². The second kappa shape index (κ2) is 6.06. The number of ketones is 2. The third kappa shape index (κ3) is 2.06. The summed E-state index contributed by atoms with van der Waals surface area (Å²) in [5.74, 6) is -2.33. The molecule has 3 saturated carbocycles. The van der Waals surface area contributed by atoms with Crippen LogP contribution < -0.4 is 0 Å². The molecule has 0 spiro atoms. The maximum atomic E-state index is 17.2. The molecule has 6 nitrogen and oxygen atoms in total. The van der Waals surface area contributed by atoms with E-state index < -0.39 is 70.0 Å². The molecule has 0 aliphatic heterocycles. The average molecular weight is 426 g/mol. The van der Waals surface area contributed by atoms with Crippen LogP contribution in [0.4, 0.5) is 8.78 Å². The van der Waals surface area contributed by atoms with Gasteiger partial charge in [-0.15, -0.1) is 0 Å². The lowest BCUT2D eigenvalue weighted by Crippen LogP contribution is -2.74. The molecule has 0 aromatic heterocycles. The fourth-order valence-corrected chi connectivity index (χ4v) is 7.52. The Morgan fingerprint density at radius 1 is 1.17 bits per heavy atom. The van der Waals surface area contributed by atoms with Crippen molar-refractivity contribution in [2.75, 3.05) is 6.61 Å². The number of halogens is 2. The van der Waals surface area contributed by atoms with Crippen molar-refractivity contribution in [2.45, 2.75) is 69.7 Å². The summed E-state index contributed by atoms with van der Waals surface area (Å²) >= 11 is 0. The molecule has 9 atom stereocenters. The average Bonchev–Trinajstić information content (AvgIpc) is 2.88. The van der Waals surface area contributed by atoms with Crippen LogP contribution in [0.1, 0.15) is 40.0 Å². The van der Waals surface area contributed by atoms with E-state index in [0.29, 0.717) is 0 Å². The molecule has 30 heavy (non-hydrogen) atoms. The lowest BCUT2D eigenvalue weighted by molar-refractivity contribution is -0.261. The standard InChI is InChI=1S/C22H28F2O6/c1-18-5-4-11(26)6-12(18)13(23)8-20(3)14-7-15(27)21(30,17(29)10-25)19(14,2)9-16(28)22(18,20)24/h4-6,13-16,25,27-28,30H,7-10H2,1-3H3/t13-,14+,15+,16-,18-,19-,20-,21-,22-/m0/s1. The van der Waals surface area contributed by atoms with Gasteiger partial charge in [-0.25, -0.2) is 8.78 Å². The molecule has 4 rings (SSSR count). The summed E-state index contributed by atoms with van der Waals surface area (Å²) in [7, 11) is 0. The summed E-state index contributed by atoms with van der Waals surface area (Å²) < 4.78 is 32.6. The van der Waals surface area contributed by atoms with E-state index in [4.69, 9.17) is 0 Å². The first-order valence-corrected chi connectivity index (χ1v) is 10.2. The Balaban J connectivity index is 1.94.